The summed E-state index contributed by atoms with van der Waals surface area (Å²) in [6.07, 6.45) is -7.24. The number of hydrogen-bond donors (Lipinski definition) is 5. The topological polar surface area (TPSA) is 207 Å². The van der Waals surface area contributed by atoms with Crippen LogP contribution in [0.25, 0.3) is 6.08 Å². The highest BCUT2D eigenvalue weighted by Crippen LogP contribution is 2.39. The maximum Gasteiger partial charge on any atom is 0.315 e. The van der Waals surface area contributed by atoms with Crippen LogP contribution >= 0.6 is 0 Å². The molecule has 180 valence electrons. The molecule has 1 aromatic carbocycles. The predicted octanol–water partition coefficient (Wildman–Crippen LogP) is -0.746. The van der Waals surface area contributed by atoms with Crippen LogP contribution in [0.5, 0.6) is 11.5 Å². The zero-order chi connectivity index (χ0) is 24.9. The molecule has 1 aromatic rings. The van der Waals surface area contributed by atoms with Crippen molar-refractivity contribution < 1.29 is 44.7 Å². The first kappa shape index (κ1) is 26.0. The van der Waals surface area contributed by atoms with Crippen molar-refractivity contribution in [2.75, 3.05) is 19.7 Å². The third-order valence-corrected chi connectivity index (χ3v) is 5.08. The van der Waals surface area contributed by atoms with Crippen LogP contribution in [0.1, 0.15) is 19.4 Å². The Morgan fingerprint density at radius 2 is 1.91 bits per heavy atom. The standard InChI is InChI=1S/C20H25N3O10/c1-3-22(4-2)19(29)11(8-21)5-10-6-12(23(30)31)15(25)13(7-10)32-20-18(28)17(27)16(26)14(9-24)33-20/h5-7,14,16-18,20,24-28H,3-4,9H2,1-2H3. The number of rotatable bonds is 8. The van der Waals surface area contributed by atoms with Gasteiger partial charge in [0.15, 0.2) is 5.75 Å². The van der Waals surface area contributed by atoms with Crippen LogP contribution in [0.15, 0.2) is 17.7 Å². The minimum atomic E-state index is -1.83. The van der Waals surface area contributed by atoms with Gasteiger partial charge >= 0.3 is 5.69 Å². The number of hydrogen-bond acceptors (Lipinski definition) is 11. The number of likely N-dealkylation sites (N-methyl/N-ethyl adjacent to an activating group) is 1. The smallest absolute Gasteiger partial charge is 0.315 e. The van der Waals surface area contributed by atoms with E-state index in [1.54, 1.807) is 19.9 Å². The van der Waals surface area contributed by atoms with Gasteiger partial charge in [0.25, 0.3) is 5.91 Å². The first-order valence-electron chi connectivity index (χ1n) is 9.99. The maximum atomic E-state index is 12.5. The van der Waals surface area contributed by atoms with Gasteiger partial charge in [0.1, 0.15) is 36.1 Å². The van der Waals surface area contributed by atoms with Gasteiger partial charge in [-0.05, 0) is 31.6 Å². The summed E-state index contributed by atoms with van der Waals surface area (Å²) in [7, 11) is 0. The van der Waals surface area contributed by atoms with E-state index in [2.05, 4.69) is 0 Å². The Kier molecular flexibility index (Phi) is 8.69. The molecule has 1 aliphatic heterocycles. The van der Waals surface area contributed by atoms with Crippen LogP contribution in [-0.4, -0.2) is 91.7 Å². The number of aliphatic hydroxyl groups is 4. The molecule has 5 unspecified atom stereocenters. The Hall–Kier alpha value is -3.28. The van der Waals surface area contributed by atoms with Gasteiger partial charge in [-0.3, -0.25) is 14.9 Å². The van der Waals surface area contributed by atoms with Crippen molar-refractivity contribution in [2.24, 2.45) is 0 Å². The molecule has 0 aromatic heterocycles. The lowest BCUT2D eigenvalue weighted by atomic mass is 9.99. The lowest BCUT2D eigenvalue weighted by molar-refractivity contribution is -0.386. The third-order valence-electron chi connectivity index (χ3n) is 5.08. The van der Waals surface area contributed by atoms with Crippen molar-refractivity contribution in [2.45, 2.75) is 44.6 Å². The average Bonchev–Trinajstić information content (AvgIpc) is 2.79. The molecule has 1 amide bonds. The van der Waals surface area contributed by atoms with Gasteiger partial charge in [-0.25, -0.2) is 0 Å². The Labute approximate surface area is 188 Å². The molecule has 0 aliphatic carbocycles. The number of nitrogens with zero attached hydrogens (tertiary/aromatic N) is 3. The molecule has 0 radical (unpaired) electrons. The minimum absolute atomic E-state index is 0.0452. The van der Waals surface area contributed by atoms with Gasteiger partial charge in [0.05, 0.1) is 11.5 Å². The number of aromatic hydroxyl groups is 1. The normalized spacial score (nSPS) is 25.2. The van der Waals surface area contributed by atoms with E-state index >= 15 is 0 Å². The summed E-state index contributed by atoms with van der Waals surface area (Å²) in [6, 6.07) is 3.72. The Balaban J connectivity index is 2.49. The van der Waals surface area contributed by atoms with E-state index in [0.717, 1.165) is 18.2 Å². The number of phenols is 1. The predicted molar refractivity (Wildman–Crippen MR) is 111 cm³/mol. The van der Waals surface area contributed by atoms with E-state index in [1.807, 2.05) is 0 Å². The SMILES string of the molecule is CCN(CC)C(=O)C(C#N)=Cc1cc(OC2OC(CO)C(O)C(O)C2O)c(O)c([N+](=O)[O-])c1. The maximum absolute atomic E-state index is 12.5. The second kappa shape index (κ2) is 11.0. The molecule has 5 N–H and O–H groups in total. The summed E-state index contributed by atoms with van der Waals surface area (Å²) >= 11 is 0. The van der Waals surface area contributed by atoms with Gasteiger partial charge in [0, 0.05) is 19.2 Å². The molecule has 0 saturated carbocycles. The Morgan fingerprint density at radius 3 is 2.42 bits per heavy atom. The summed E-state index contributed by atoms with van der Waals surface area (Å²) < 4.78 is 10.5. The second-order valence-electron chi connectivity index (χ2n) is 7.11. The molecule has 1 heterocycles. The Morgan fingerprint density at radius 1 is 1.27 bits per heavy atom. The second-order valence-corrected chi connectivity index (χ2v) is 7.11. The number of nitro benzene ring substituents is 1. The van der Waals surface area contributed by atoms with E-state index < -0.39 is 65.3 Å². The largest absolute Gasteiger partial charge is 0.500 e. The molecule has 0 bridgehead atoms. The molecular weight excluding hydrogens is 442 g/mol. The highest BCUT2D eigenvalue weighted by molar-refractivity contribution is 6.01. The van der Waals surface area contributed by atoms with Crippen molar-refractivity contribution in [1.29, 1.82) is 5.26 Å². The molecule has 1 fully saturated rings. The molecule has 13 heteroatoms. The number of amides is 1. The summed E-state index contributed by atoms with van der Waals surface area (Å²) in [5.74, 6) is -2.11. The number of benzene rings is 1. The summed E-state index contributed by atoms with van der Waals surface area (Å²) in [5, 5.41) is 70.3. The number of ether oxygens (including phenoxy) is 2. The fourth-order valence-electron chi connectivity index (χ4n) is 3.21. The number of aliphatic hydroxyl groups excluding tert-OH is 4. The first-order chi connectivity index (χ1) is 15.6. The van der Waals surface area contributed by atoms with Crippen molar-refractivity contribution in [1.82, 2.24) is 4.90 Å². The van der Waals surface area contributed by atoms with E-state index in [4.69, 9.17) is 9.47 Å². The number of carbonyl (C=O) groups is 1. The van der Waals surface area contributed by atoms with E-state index in [9.17, 15) is 45.7 Å². The van der Waals surface area contributed by atoms with Crippen LogP contribution < -0.4 is 4.74 Å². The third kappa shape index (κ3) is 5.56. The fourth-order valence-corrected chi connectivity index (χ4v) is 3.21. The molecular formula is C20H25N3O10. The van der Waals surface area contributed by atoms with Crippen LogP contribution in [0.3, 0.4) is 0 Å². The zero-order valence-electron chi connectivity index (χ0n) is 17.9. The highest BCUT2D eigenvalue weighted by Gasteiger charge is 2.45. The minimum Gasteiger partial charge on any atom is -0.500 e. The molecule has 1 saturated heterocycles. The lowest BCUT2D eigenvalue weighted by Gasteiger charge is -2.39. The molecule has 33 heavy (non-hydrogen) atoms. The van der Waals surface area contributed by atoms with Gasteiger partial charge in [-0.2, -0.15) is 5.26 Å². The van der Waals surface area contributed by atoms with Gasteiger partial charge in [-0.1, -0.05) is 0 Å². The van der Waals surface area contributed by atoms with Crippen LogP contribution in [-0.2, 0) is 9.53 Å². The monoisotopic (exact) mass is 467 g/mol. The number of nitriles is 1. The molecule has 13 nitrogen and oxygen atoms in total. The van der Waals surface area contributed by atoms with Gasteiger partial charge < -0.3 is 39.9 Å². The number of phenolic OH excluding ortho intramolecular Hbond substituents is 1. The molecule has 1 aliphatic rings. The number of nitro groups is 1. The summed E-state index contributed by atoms with van der Waals surface area (Å²) in [4.78, 5) is 24.4. The highest BCUT2D eigenvalue weighted by atomic mass is 16.7. The Bertz CT molecular complexity index is 954. The van der Waals surface area contributed by atoms with Crippen LogP contribution in [0.4, 0.5) is 5.69 Å². The van der Waals surface area contributed by atoms with E-state index in [1.165, 1.54) is 4.90 Å². The molecule has 0 spiro atoms. The molecule has 5 atom stereocenters. The number of carbonyl (C=O) groups excluding carboxylic acids is 1. The van der Waals surface area contributed by atoms with Crippen molar-refractivity contribution >= 4 is 17.7 Å². The summed E-state index contributed by atoms with van der Waals surface area (Å²) in [5.41, 5.74) is -1.19. The fraction of sp³-hybridized carbons (Fsp3) is 0.500. The van der Waals surface area contributed by atoms with Crippen molar-refractivity contribution in [3.05, 3.63) is 33.4 Å². The van der Waals surface area contributed by atoms with Crippen molar-refractivity contribution in [3.63, 3.8) is 0 Å². The molecule has 2 rings (SSSR count). The summed E-state index contributed by atoms with van der Waals surface area (Å²) in [6.45, 7) is 3.35. The van der Waals surface area contributed by atoms with Crippen molar-refractivity contribution in [3.8, 4) is 17.6 Å². The van der Waals surface area contributed by atoms with Gasteiger partial charge in [0.2, 0.25) is 12.0 Å². The van der Waals surface area contributed by atoms with E-state index in [0.29, 0.717) is 13.1 Å². The van der Waals surface area contributed by atoms with Crippen LogP contribution in [0.2, 0.25) is 0 Å². The zero-order valence-corrected chi connectivity index (χ0v) is 17.9. The lowest BCUT2D eigenvalue weighted by Crippen LogP contribution is -2.60. The first-order valence-corrected chi connectivity index (χ1v) is 9.99. The average molecular weight is 467 g/mol. The van der Waals surface area contributed by atoms with Gasteiger partial charge in [-0.15, -0.1) is 0 Å². The quantitative estimate of drug-likeness (QED) is 0.139. The van der Waals surface area contributed by atoms with Crippen LogP contribution in [0, 0.1) is 21.4 Å². The van der Waals surface area contributed by atoms with E-state index in [-0.39, 0.29) is 11.1 Å².